The van der Waals surface area contributed by atoms with Gasteiger partial charge in [0.1, 0.15) is 0 Å². The van der Waals surface area contributed by atoms with E-state index in [9.17, 15) is 18.0 Å². The van der Waals surface area contributed by atoms with Gasteiger partial charge in [0.25, 0.3) is 0 Å². The maximum absolute atomic E-state index is 12.0. The van der Waals surface area contributed by atoms with Crippen molar-refractivity contribution < 1.29 is 27.9 Å². The van der Waals surface area contributed by atoms with Gasteiger partial charge in [0, 0.05) is 6.54 Å². The number of nitrogens with one attached hydrogen (secondary N) is 1. The van der Waals surface area contributed by atoms with Gasteiger partial charge in [0.2, 0.25) is 10.0 Å². The van der Waals surface area contributed by atoms with Gasteiger partial charge in [0.15, 0.2) is 0 Å². The topological polar surface area (TPSA) is 110 Å². The van der Waals surface area contributed by atoms with Crippen molar-refractivity contribution in [2.75, 3.05) is 13.7 Å². The van der Waals surface area contributed by atoms with Crippen LogP contribution in [0.5, 0.6) is 0 Å². The highest BCUT2D eigenvalue weighted by atomic mass is 32.2. The van der Waals surface area contributed by atoms with Gasteiger partial charge in [-0.05, 0) is 30.5 Å². The molecule has 1 aromatic rings. The second-order valence-corrected chi connectivity index (χ2v) is 6.91. The van der Waals surface area contributed by atoms with Crippen LogP contribution in [0.25, 0.3) is 0 Å². The average Bonchev–Trinajstić information content (AvgIpc) is 3.27. The van der Waals surface area contributed by atoms with Crippen molar-refractivity contribution in [2.24, 2.45) is 0 Å². The normalized spacial score (nSPS) is 16.0. The Bertz CT molecular complexity index is 676. The minimum Gasteiger partial charge on any atom is -0.481 e. The van der Waals surface area contributed by atoms with Crippen LogP contribution in [-0.4, -0.2) is 39.1 Å². The van der Waals surface area contributed by atoms with Crippen LogP contribution in [0.3, 0.4) is 0 Å². The molecule has 0 radical (unpaired) electrons. The summed E-state index contributed by atoms with van der Waals surface area (Å²) in [5.41, 5.74) is 0.0807. The summed E-state index contributed by atoms with van der Waals surface area (Å²) in [6, 6.07) is 5.99. The Balaban J connectivity index is 2.12. The second kappa shape index (κ2) is 6.05. The Morgan fingerprint density at radius 1 is 1.27 bits per heavy atom. The Hall–Kier alpha value is -1.93. The minimum atomic E-state index is -3.75. The Morgan fingerprint density at radius 3 is 2.32 bits per heavy atom. The zero-order chi connectivity index (χ0) is 16.4. The molecule has 0 spiro atoms. The molecule has 2 N–H and O–H groups in total. The van der Waals surface area contributed by atoms with Crippen molar-refractivity contribution in [3.8, 4) is 0 Å². The van der Waals surface area contributed by atoms with Crippen molar-refractivity contribution >= 4 is 22.0 Å². The first-order valence-corrected chi connectivity index (χ1v) is 8.20. The molecule has 0 bridgehead atoms. The first kappa shape index (κ1) is 16.4. The second-order valence-electron chi connectivity index (χ2n) is 5.14. The molecule has 0 aromatic heterocycles. The molecule has 0 unspecified atom stereocenters. The van der Waals surface area contributed by atoms with Gasteiger partial charge in [-0.3, -0.25) is 9.59 Å². The summed E-state index contributed by atoms with van der Waals surface area (Å²) in [6.45, 7) is -0.175. The summed E-state index contributed by atoms with van der Waals surface area (Å²) in [5.74, 6) is -1.39. The number of methoxy groups -OCH3 is 1. The van der Waals surface area contributed by atoms with Crippen LogP contribution in [0.1, 0.15) is 24.8 Å². The molecule has 0 heterocycles. The van der Waals surface area contributed by atoms with E-state index in [-0.39, 0.29) is 23.8 Å². The number of hydrogen-bond acceptors (Lipinski definition) is 5. The number of carboxylic acids is 1. The summed E-state index contributed by atoms with van der Waals surface area (Å²) in [7, 11) is -2.43. The molecule has 0 atom stereocenters. The zero-order valence-corrected chi connectivity index (χ0v) is 12.9. The van der Waals surface area contributed by atoms with E-state index < -0.39 is 21.4 Å². The number of carboxylic acid groups (broad SMARTS) is 1. The quantitative estimate of drug-likeness (QED) is 0.711. The monoisotopic (exact) mass is 327 g/mol. The molecule has 7 nitrogen and oxygen atoms in total. The maximum atomic E-state index is 12.0. The fourth-order valence-corrected chi connectivity index (χ4v) is 3.29. The summed E-state index contributed by atoms with van der Waals surface area (Å²) < 4.78 is 31.0. The van der Waals surface area contributed by atoms with E-state index in [1.165, 1.54) is 19.2 Å². The number of carbonyl (C=O) groups excluding carboxylic acids is 1. The molecule has 1 aromatic carbocycles. The van der Waals surface area contributed by atoms with Gasteiger partial charge in [-0.15, -0.1) is 0 Å². The number of esters is 1. The van der Waals surface area contributed by atoms with Crippen molar-refractivity contribution in [1.29, 1.82) is 0 Å². The number of hydrogen-bond donors (Lipinski definition) is 2. The molecule has 0 amide bonds. The third-order valence-corrected chi connectivity index (χ3v) is 5.15. The first-order valence-electron chi connectivity index (χ1n) is 6.72. The van der Waals surface area contributed by atoms with E-state index in [4.69, 9.17) is 9.84 Å². The van der Waals surface area contributed by atoms with Crippen molar-refractivity contribution in [2.45, 2.75) is 29.6 Å². The van der Waals surface area contributed by atoms with Crippen LogP contribution in [0, 0.1) is 0 Å². The summed E-state index contributed by atoms with van der Waals surface area (Å²) >= 11 is 0. The van der Waals surface area contributed by atoms with E-state index in [0.29, 0.717) is 12.8 Å². The van der Waals surface area contributed by atoms with Crippen LogP contribution < -0.4 is 4.72 Å². The lowest BCUT2D eigenvalue weighted by molar-refractivity contribution is -0.143. The fourth-order valence-electron chi connectivity index (χ4n) is 2.26. The van der Waals surface area contributed by atoms with Crippen molar-refractivity contribution in [3.05, 3.63) is 29.8 Å². The van der Waals surface area contributed by atoms with Gasteiger partial charge < -0.3 is 9.84 Å². The summed E-state index contributed by atoms with van der Waals surface area (Å²) in [6.07, 6.45) is 1.08. The van der Waals surface area contributed by atoms with Gasteiger partial charge in [0.05, 0.1) is 23.8 Å². The first-order chi connectivity index (χ1) is 10.3. The zero-order valence-electron chi connectivity index (χ0n) is 12.0. The minimum absolute atomic E-state index is 0.0299. The van der Waals surface area contributed by atoms with Crippen LogP contribution in [-0.2, 0) is 29.8 Å². The number of benzene rings is 1. The third kappa shape index (κ3) is 3.28. The van der Waals surface area contributed by atoms with E-state index >= 15 is 0 Å². The fraction of sp³-hybridized carbons (Fsp3) is 0.429. The molecule has 0 aliphatic heterocycles. The van der Waals surface area contributed by atoms with Gasteiger partial charge >= 0.3 is 11.9 Å². The standard InChI is InChI=1S/C14H17NO6S/c1-21-13(18)14(7-8-14)10-2-4-11(5-3-10)22(19,20)15-9-6-12(16)17/h2-5,15H,6-9H2,1H3,(H,16,17). The number of ether oxygens (including phenoxy) is 1. The lowest BCUT2D eigenvalue weighted by Gasteiger charge is -2.13. The molecular formula is C14H17NO6S. The molecule has 2 rings (SSSR count). The lowest BCUT2D eigenvalue weighted by atomic mass is 9.96. The largest absolute Gasteiger partial charge is 0.481 e. The predicted octanol–water partition coefficient (Wildman–Crippen LogP) is 0.644. The molecule has 1 aliphatic carbocycles. The molecule has 0 saturated heterocycles. The van der Waals surface area contributed by atoms with E-state index in [1.54, 1.807) is 12.1 Å². The lowest BCUT2D eigenvalue weighted by Crippen LogP contribution is -2.26. The number of rotatable bonds is 7. The molecule has 22 heavy (non-hydrogen) atoms. The Kier molecular flexibility index (Phi) is 4.52. The highest BCUT2D eigenvalue weighted by Gasteiger charge is 2.52. The van der Waals surface area contributed by atoms with E-state index in [0.717, 1.165) is 5.56 Å². The van der Waals surface area contributed by atoms with Gasteiger partial charge in [-0.1, -0.05) is 12.1 Å². The average molecular weight is 327 g/mol. The van der Waals surface area contributed by atoms with Gasteiger partial charge in [-0.25, -0.2) is 13.1 Å². The molecule has 1 fully saturated rings. The Morgan fingerprint density at radius 2 is 1.86 bits per heavy atom. The molecular weight excluding hydrogens is 310 g/mol. The number of sulfonamides is 1. The van der Waals surface area contributed by atoms with Crippen LogP contribution in [0.2, 0.25) is 0 Å². The summed E-state index contributed by atoms with van der Waals surface area (Å²) in [5, 5.41) is 8.51. The molecule has 1 aliphatic rings. The van der Waals surface area contributed by atoms with Crippen LogP contribution in [0.15, 0.2) is 29.2 Å². The smallest absolute Gasteiger partial charge is 0.316 e. The van der Waals surface area contributed by atoms with Crippen molar-refractivity contribution in [3.63, 3.8) is 0 Å². The molecule has 8 heteroatoms. The van der Waals surface area contributed by atoms with Gasteiger partial charge in [-0.2, -0.15) is 0 Å². The van der Waals surface area contributed by atoms with Crippen LogP contribution >= 0.6 is 0 Å². The number of carbonyl (C=O) groups is 2. The maximum Gasteiger partial charge on any atom is 0.316 e. The van der Waals surface area contributed by atoms with E-state index in [2.05, 4.69) is 4.72 Å². The molecule has 1 saturated carbocycles. The van der Waals surface area contributed by atoms with Crippen molar-refractivity contribution in [1.82, 2.24) is 4.72 Å². The highest BCUT2D eigenvalue weighted by molar-refractivity contribution is 7.89. The predicted molar refractivity (Wildman–Crippen MR) is 76.8 cm³/mol. The molecule has 120 valence electrons. The number of aliphatic carboxylic acids is 1. The SMILES string of the molecule is COC(=O)C1(c2ccc(S(=O)(=O)NCCC(=O)O)cc2)CC1. The summed E-state index contributed by atoms with van der Waals surface area (Å²) in [4.78, 5) is 22.2. The Labute approximate surface area is 128 Å². The van der Waals surface area contributed by atoms with Crippen LogP contribution in [0.4, 0.5) is 0 Å². The van der Waals surface area contributed by atoms with E-state index in [1.807, 2.05) is 0 Å². The third-order valence-electron chi connectivity index (χ3n) is 3.67. The highest BCUT2D eigenvalue weighted by Crippen LogP contribution is 2.49.